The third-order valence-corrected chi connectivity index (χ3v) is 3.50. The van der Waals surface area contributed by atoms with Gasteiger partial charge in [0.05, 0.1) is 19.9 Å². The molecule has 2 aromatic heterocycles. The summed E-state index contributed by atoms with van der Waals surface area (Å²) in [5.41, 5.74) is 0.0242. The molecule has 106 valence electrons. The molecule has 0 aliphatic carbocycles. The fraction of sp³-hybridized carbons (Fsp3) is 0.333. The maximum Gasteiger partial charge on any atom is 0.358 e. The standard InChI is InChI=1S/C12H13N3O4S/c1-6-4-13-8(19-6)5-14-12-15-9(11(17)18-3)10(20-12)7(2)16/h4H,5H2,1-3H3,(H,14,15). The average Bonchev–Trinajstić information content (AvgIpc) is 3.01. The van der Waals surface area contributed by atoms with E-state index in [2.05, 4.69) is 20.0 Å². The van der Waals surface area contributed by atoms with E-state index in [0.29, 0.717) is 23.3 Å². The molecule has 0 radical (unpaired) electrons. The number of ether oxygens (including phenoxy) is 1. The zero-order valence-corrected chi connectivity index (χ0v) is 12.0. The Balaban J connectivity index is 2.16. The summed E-state index contributed by atoms with van der Waals surface area (Å²) in [6.07, 6.45) is 1.61. The normalized spacial score (nSPS) is 10.3. The van der Waals surface area contributed by atoms with Crippen molar-refractivity contribution in [1.82, 2.24) is 9.97 Å². The van der Waals surface area contributed by atoms with Gasteiger partial charge in [0.25, 0.3) is 0 Å². The number of Topliss-reactive ketones (excluding diaryl/α,β-unsaturated/α-hetero) is 1. The molecule has 1 N–H and O–H groups in total. The molecule has 0 aliphatic rings. The van der Waals surface area contributed by atoms with Crippen molar-refractivity contribution in [2.75, 3.05) is 12.4 Å². The molecule has 2 aromatic rings. The lowest BCUT2D eigenvalue weighted by atomic mass is 10.3. The number of hydrogen-bond donors (Lipinski definition) is 1. The van der Waals surface area contributed by atoms with Gasteiger partial charge in [-0.05, 0) is 6.92 Å². The number of nitrogens with one attached hydrogen (secondary N) is 1. The van der Waals surface area contributed by atoms with Crippen molar-refractivity contribution in [3.05, 3.63) is 28.4 Å². The summed E-state index contributed by atoms with van der Waals surface area (Å²) in [6, 6.07) is 0. The van der Waals surface area contributed by atoms with Crippen LogP contribution in [-0.4, -0.2) is 28.8 Å². The number of nitrogens with zero attached hydrogens (tertiary/aromatic N) is 2. The first-order valence-electron chi connectivity index (χ1n) is 5.76. The number of carbonyl (C=O) groups excluding carboxylic acids is 2. The maximum atomic E-state index is 11.5. The van der Waals surface area contributed by atoms with Gasteiger partial charge < -0.3 is 14.5 Å². The zero-order valence-electron chi connectivity index (χ0n) is 11.2. The van der Waals surface area contributed by atoms with Gasteiger partial charge in [0.2, 0.25) is 5.89 Å². The van der Waals surface area contributed by atoms with Gasteiger partial charge in [-0.25, -0.2) is 14.8 Å². The Kier molecular flexibility index (Phi) is 4.14. The predicted octanol–water partition coefficient (Wildman–Crippen LogP) is 2.04. The fourth-order valence-electron chi connectivity index (χ4n) is 1.50. The van der Waals surface area contributed by atoms with Crippen molar-refractivity contribution in [3.63, 3.8) is 0 Å². The summed E-state index contributed by atoms with van der Waals surface area (Å²) < 4.78 is 9.90. The van der Waals surface area contributed by atoms with E-state index in [1.165, 1.54) is 14.0 Å². The molecule has 0 saturated carbocycles. The summed E-state index contributed by atoms with van der Waals surface area (Å²) in [5, 5.41) is 3.40. The second-order valence-corrected chi connectivity index (χ2v) is 4.96. The third kappa shape index (κ3) is 3.02. The molecular formula is C12H13N3O4S. The molecular weight excluding hydrogens is 282 g/mol. The van der Waals surface area contributed by atoms with Crippen LogP contribution < -0.4 is 5.32 Å². The number of thiazole rings is 1. The number of oxazole rings is 1. The summed E-state index contributed by atoms with van der Waals surface area (Å²) in [4.78, 5) is 31.4. The average molecular weight is 295 g/mol. The molecule has 0 bridgehead atoms. The highest BCUT2D eigenvalue weighted by Crippen LogP contribution is 2.24. The van der Waals surface area contributed by atoms with E-state index in [1.807, 2.05) is 0 Å². The summed E-state index contributed by atoms with van der Waals surface area (Å²) in [6.45, 7) is 3.49. The number of aromatic nitrogens is 2. The molecule has 0 atom stereocenters. The summed E-state index contributed by atoms with van der Waals surface area (Å²) in [7, 11) is 1.24. The molecule has 2 rings (SSSR count). The Labute approximate surface area is 119 Å². The molecule has 0 fully saturated rings. The smallest absolute Gasteiger partial charge is 0.358 e. The van der Waals surface area contributed by atoms with Gasteiger partial charge in [-0.15, -0.1) is 0 Å². The van der Waals surface area contributed by atoms with E-state index in [4.69, 9.17) is 4.42 Å². The Bertz CT molecular complexity index is 647. The molecule has 0 unspecified atom stereocenters. The van der Waals surface area contributed by atoms with Crippen molar-refractivity contribution in [2.45, 2.75) is 20.4 Å². The number of methoxy groups -OCH3 is 1. The van der Waals surface area contributed by atoms with Crippen LogP contribution in [0.3, 0.4) is 0 Å². The van der Waals surface area contributed by atoms with Crippen molar-refractivity contribution in [3.8, 4) is 0 Å². The summed E-state index contributed by atoms with van der Waals surface area (Å²) in [5.74, 6) is 0.344. The quantitative estimate of drug-likeness (QED) is 0.666. The molecule has 0 aliphatic heterocycles. The molecule has 0 saturated heterocycles. The first kappa shape index (κ1) is 14.2. The highest BCUT2D eigenvalue weighted by Gasteiger charge is 2.21. The lowest BCUT2D eigenvalue weighted by Crippen LogP contribution is -2.07. The van der Waals surface area contributed by atoms with Crippen LogP contribution in [0.25, 0.3) is 0 Å². The van der Waals surface area contributed by atoms with Crippen LogP contribution in [0.15, 0.2) is 10.6 Å². The van der Waals surface area contributed by atoms with Gasteiger partial charge in [0, 0.05) is 6.92 Å². The first-order valence-corrected chi connectivity index (χ1v) is 6.58. The SMILES string of the molecule is COC(=O)c1nc(NCc2ncc(C)o2)sc1C(C)=O. The van der Waals surface area contributed by atoms with Gasteiger partial charge in [0.1, 0.15) is 10.6 Å². The minimum Gasteiger partial charge on any atom is -0.464 e. The third-order valence-electron chi connectivity index (χ3n) is 2.39. The van der Waals surface area contributed by atoms with Crippen LogP contribution in [0.2, 0.25) is 0 Å². The highest BCUT2D eigenvalue weighted by molar-refractivity contribution is 7.17. The Morgan fingerprint density at radius 1 is 1.50 bits per heavy atom. The highest BCUT2D eigenvalue weighted by atomic mass is 32.1. The molecule has 2 heterocycles. The van der Waals surface area contributed by atoms with Gasteiger partial charge in [-0.2, -0.15) is 0 Å². The number of esters is 1. The van der Waals surface area contributed by atoms with E-state index in [9.17, 15) is 9.59 Å². The Hall–Kier alpha value is -2.22. The number of rotatable bonds is 5. The van der Waals surface area contributed by atoms with Gasteiger partial charge in [0.15, 0.2) is 16.6 Å². The first-order chi connectivity index (χ1) is 9.51. The number of aryl methyl sites for hydroxylation is 1. The number of carbonyl (C=O) groups is 2. The minimum atomic E-state index is -0.633. The van der Waals surface area contributed by atoms with Crippen molar-refractivity contribution in [1.29, 1.82) is 0 Å². The van der Waals surface area contributed by atoms with Crippen molar-refractivity contribution < 1.29 is 18.7 Å². The number of ketones is 1. The molecule has 20 heavy (non-hydrogen) atoms. The Morgan fingerprint density at radius 2 is 2.25 bits per heavy atom. The largest absolute Gasteiger partial charge is 0.464 e. The zero-order chi connectivity index (χ0) is 14.7. The molecule has 8 heteroatoms. The molecule has 0 amide bonds. The van der Waals surface area contributed by atoms with E-state index in [0.717, 1.165) is 11.3 Å². The van der Waals surface area contributed by atoms with Crippen LogP contribution in [-0.2, 0) is 11.3 Å². The lowest BCUT2D eigenvalue weighted by Gasteiger charge is -1.97. The van der Waals surface area contributed by atoms with E-state index in [1.54, 1.807) is 13.1 Å². The topological polar surface area (TPSA) is 94.3 Å². The molecule has 0 aromatic carbocycles. The van der Waals surface area contributed by atoms with Crippen LogP contribution in [0.5, 0.6) is 0 Å². The van der Waals surface area contributed by atoms with E-state index < -0.39 is 5.97 Å². The lowest BCUT2D eigenvalue weighted by molar-refractivity contribution is 0.0591. The number of hydrogen-bond acceptors (Lipinski definition) is 8. The van der Waals surface area contributed by atoms with Crippen LogP contribution in [0, 0.1) is 6.92 Å². The predicted molar refractivity (Wildman–Crippen MR) is 72.0 cm³/mol. The second kappa shape index (κ2) is 5.83. The second-order valence-electron chi connectivity index (χ2n) is 3.96. The van der Waals surface area contributed by atoms with Gasteiger partial charge in [-0.3, -0.25) is 4.79 Å². The van der Waals surface area contributed by atoms with Gasteiger partial charge in [-0.1, -0.05) is 11.3 Å². The van der Waals surface area contributed by atoms with Gasteiger partial charge >= 0.3 is 5.97 Å². The van der Waals surface area contributed by atoms with Crippen LogP contribution >= 0.6 is 11.3 Å². The van der Waals surface area contributed by atoms with Crippen molar-refractivity contribution in [2.24, 2.45) is 0 Å². The van der Waals surface area contributed by atoms with Crippen LogP contribution in [0.1, 0.15) is 38.7 Å². The fourth-order valence-corrected chi connectivity index (χ4v) is 2.35. The van der Waals surface area contributed by atoms with E-state index >= 15 is 0 Å². The maximum absolute atomic E-state index is 11.5. The monoisotopic (exact) mass is 295 g/mol. The Morgan fingerprint density at radius 3 is 2.80 bits per heavy atom. The van der Waals surface area contributed by atoms with E-state index in [-0.39, 0.29) is 16.4 Å². The van der Waals surface area contributed by atoms with Crippen LogP contribution in [0.4, 0.5) is 5.13 Å². The summed E-state index contributed by atoms with van der Waals surface area (Å²) >= 11 is 1.10. The number of anilines is 1. The minimum absolute atomic E-state index is 0.0242. The molecule has 7 nitrogen and oxygen atoms in total. The van der Waals surface area contributed by atoms with Crippen molar-refractivity contribution >= 4 is 28.2 Å². The molecule has 0 spiro atoms.